The number of nitrogens with one attached hydrogen (secondary N) is 1. The van der Waals surface area contributed by atoms with Crippen LogP contribution in [0.1, 0.15) is 16.5 Å². The fourth-order valence-electron chi connectivity index (χ4n) is 3.24. The summed E-state index contributed by atoms with van der Waals surface area (Å²) in [5, 5.41) is 10.9. The van der Waals surface area contributed by atoms with Crippen LogP contribution in [0.2, 0.25) is 5.15 Å². The van der Waals surface area contributed by atoms with E-state index in [1.54, 1.807) is 18.9 Å². The molecule has 4 aromatic rings. The minimum absolute atomic E-state index is 0.0904. The lowest BCUT2D eigenvalue weighted by Gasteiger charge is -2.14. The van der Waals surface area contributed by atoms with Gasteiger partial charge >= 0.3 is 0 Å². The highest BCUT2D eigenvalue weighted by atomic mass is 35.5. The van der Waals surface area contributed by atoms with E-state index in [1.807, 2.05) is 41.1 Å². The number of methoxy groups -OCH3 is 1. The average Bonchev–Trinajstić information content (AvgIpc) is 3.28. The van der Waals surface area contributed by atoms with E-state index in [0.29, 0.717) is 5.15 Å². The maximum absolute atomic E-state index is 6.50. The molecular formula is C20H16ClN5OS. The first-order valence-corrected chi connectivity index (χ1v) is 9.98. The molecule has 0 radical (unpaired) electrons. The molecule has 2 aromatic carbocycles. The second kappa shape index (κ2) is 6.68. The van der Waals surface area contributed by atoms with Crippen LogP contribution in [0.4, 0.5) is 0 Å². The summed E-state index contributed by atoms with van der Waals surface area (Å²) in [6, 6.07) is 16.0. The molecule has 0 fully saturated rings. The first kappa shape index (κ1) is 17.3. The third kappa shape index (κ3) is 2.87. The Bertz CT molecular complexity index is 1190. The van der Waals surface area contributed by atoms with Gasteiger partial charge in [-0.3, -0.25) is 0 Å². The van der Waals surface area contributed by atoms with Gasteiger partial charge in [0, 0.05) is 16.5 Å². The van der Waals surface area contributed by atoms with Crippen molar-refractivity contribution in [3.63, 3.8) is 0 Å². The third-order valence-corrected chi connectivity index (χ3v) is 6.06. The van der Waals surface area contributed by atoms with E-state index >= 15 is 0 Å². The van der Waals surface area contributed by atoms with Gasteiger partial charge in [-0.2, -0.15) is 0 Å². The molecule has 3 heterocycles. The molecule has 5 rings (SSSR count). The number of aromatic nitrogens is 4. The smallest absolute Gasteiger partial charge is 0.212 e. The van der Waals surface area contributed by atoms with Gasteiger partial charge < -0.3 is 10.2 Å². The summed E-state index contributed by atoms with van der Waals surface area (Å²) in [5.74, 6) is 1.54. The fourth-order valence-corrected chi connectivity index (χ4v) is 4.57. The fraction of sp³-hybridized carbons (Fsp3) is 0.150. The van der Waals surface area contributed by atoms with Crippen molar-refractivity contribution in [1.29, 1.82) is 0 Å². The summed E-state index contributed by atoms with van der Waals surface area (Å²) in [5.41, 5.74) is 7.40. The van der Waals surface area contributed by atoms with Gasteiger partial charge in [0.25, 0.3) is 0 Å². The number of aryl methyl sites for hydroxylation is 1. The van der Waals surface area contributed by atoms with E-state index in [0.717, 1.165) is 38.8 Å². The van der Waals surface area contributed by atoms with Crippen LogP contribution in [0.5, 0.6) is 5.75 Å². The number of thioether (sulfide) groups is 1. The molecule has 28 heavy (non-hydrogen) atoms. The Hall–Kier alpha value is -2.77. The van der Waals surface area contributed by atoms with Crippen molar-refractivity contribution in [2.45, 2.75) is 17.5 Å². The Labute approximate surface area is 170 Å². The van der Waals surface area contributed by atoms with Crippen molar-refractivity contribution in [2.24, 2.45) is 0 Å². The summed E-state index contributed by atoms with van der Waals surface area (Å²) in [4.78, 5) is 4.56. The molecule has 6 nitrogen and oxygen atoms in total. The second-order valence-corrected chi connectivity index (χ2v) is 7.99. The van der Waals surface area contributed by atoms with E-state index in [-0.39, 0.29) is 5.37 Å². The van der Waals surface area contributed by atoms with Crippen LogP contribution in [-0.2, 0) is 0 Å². The quantitative estimate of drug-likeness (QED) is 0.490. The lowest BCUT2D eigenvalue weighted by molar-refractivity contribution is 0.415. The monoisotopic (exact) mass is 409 g/mol. The van der Waals surface area contributed by atoms with Gasteiger partial charge in [-0.25, -0.2) is 9.66 Å². The van der Waals surface area contributed by atoms with Crippen molar-refractivity contribution in [3.05, 3.63) is 64.8 Å². The maximum Gasteiger partial charge on any atom is 0.212 e. The van der Waals surface area contributed by atoms with Gasteiger partial charge in [0.05, 0.1) is 12.6 Å². The van der Waals surface area contributed by atoms with Gasteiger partial charge in [0.1, 0.15) is 16.3 Å². The molecule has 1 unspecified atom stereocenters. The van der Waals surface area contributed by atoms with E-state index < -0.39 is 0 Å². The van der Waals surface area contributed by atoms with Crippen molar-refractivity contribution in [2.75, 3.05) is 12.5 Å². The molecule has 2 aromatic heterocycles. The highest BCUT2D eigenvalue weighted by Gasteiger charge is 2.30. The minimum atomic E-state index is -0.0904. The van der Waals surface area contributed by atoms with E-state index in [2.05, 4.69) is 39.7 Å². The Morgan fingerprint density at radius 2 is 1.93 bits per heavy atom. The molecule has 1 aliphatic rings. The number of pyridine rings is 1. The molecule has 1 N–H and O–H groups in total. The van der Waals surface area contributed by atoms with Gasteiger partial charge in [0.2, 0.25) is 5.16 Å². The Morgan fingerprint density at radius 1 is 1.11 bits per heavy atom. The zero-order valence-electron chi connectivity index (χ0n) is 15.2. The number of benzene rings is 2. The molecule has 0 amide bonds. The number of fused-ring (bicyclic) bond motifs is 2. The minimum Gasteiger partial charge on any atom is -0.497 e. The molecule has 1 aliphatic heterocycles. The van der Waals surface area contributed by atoms with Gasteiger partial charge in [-0.1, -0.05) is 35.0 Å². The first-order chi connectivity index (χ1) is 13.6. The molecule has 0 saturated heterocycles. The number of rotatable bonds is 3. The summed E-state index contributed by atoms with van der Waals surface area (Å²) in [7, 11) is 1.65. The molecule has 8 heteroatoms. The van der Waals surface area contributed by atoms with Gasteiger partial charge in [0.15, 0.2) is 5.82 Å². The predicted molar refractivity (Wildman–Crippen MR) is 111 cm³/mol. The number of ether oxygens (including phenoxy) is 1. The van der Waals surface area contributed by atoms with Crippen LogP contribution in [0.3, 0.4) is 0 Å². The van der Waals surface area contributed by atoms with Crippen molar-refractivity contribution >= 4 is 34.3 Å². The number of halogens is 1. The van der Waals surface area contributed by atoms with E-state index in [9.17, 15) is 0 Å². The van der Waals surface area contributed by atoms with Crippen LogP contribution >= 0.6 is 23.4 Å². The van der Waals surface area contributed by atoms with E-state index in [4.69, 9.17) is 16.3 Å². The summed E-state index contributed by atoms with van der Waals surface area (Å²) in [6.07, 6.45) is 0. The van der Waals surface area contributed by atoms with Crippen LogP contribution in [0, 0.1) is 6.92 Å². The number of hydrogen-bond donors (Lipinski definition) is 1. The van der Waals surface area contributed by atoms with Gasteiger partial charge in [-0.05, 0) is 49.4 Å². The molecule has 1 atom stereocenters. The Kier molecular flexibility index (Phi) is 4.14. The third-order valence-electron chi connectivity index (χ3n) is 4.68. The summed E-state index contributed by atoms with van der Waals surface area (Å²) in [6.45, 7) is 2.07. The highest BCUT2D eigenvalue weighted by molar-refractivity contribution is 7.99. The first-order valence-electron chi connectivity index (χ1n) is 8.72. The lowest BCUT2D eigenvalue weighted by atomic mass is 10.1. The predicted octanol–water partition coefficient (Wildman–Crippen LogP) is 4.81. The topological polar surface area (TPSA) is 64.9 Å². The van der Waals surface area contributed by atoms with Crippen molar-refractivity contribution in [1.82, 2.24) is 19.9 Å². The largest absolute Gasteiger partial charge is 0.497 e. The molecule has 0 aliphatic carbocycles. The summed E-state index contributed by atoms with van der Waals surface area (Å²) < 4.78 is 7.12. The van der Waals surface area contributed by atoms with Crippen LogP contribution in [0.15, 0.2) is 53.7 Å². The average molecular weight is 410 g/mol. The Morgan fingerprint density at radius 3 is 2.71 bits per heavy atom. The van der Waals surface area contributed by atoms with Gasteiger partial charge in [-0.15, -0.1) is 10.2 Å². The molecule has 0 spiro atoms. The zero-order chi connectivity index (χ0) is 19.3. The molecule has 0 bridgehead atoms. The van der Waals surface area contributed by atoms with E-state index in [1.165, 1.54) is 5.56 Å². The number of hydrogen-bond acceptors (Lipinski definition) is 6. The maximum atomic E-state index is 6.50. The lowest BCUT2D eigenvalue weighted by Crippen LogP contribution is -2.14. The van der Waals surface area contributed by atoms with Crippen molar-refractivity contribution < 1.29 is 4.74 Å². The number of nitrogens with zero attached hydrogens (tertiary/aromatic N) is 4. The SMILES string of the molecule is COc1ccc(-c2nnc3n2NC(c2cc4cc(C)ccc4nc2Cl)S3)cc1. The van der Waals surface area contributed by atoms with Crippen LogP contribution in [-0.4, -0.2) is 27.0 Å². The van der Waals surface area contributed by atoms with Crippen LogP contribution in [0.25, 0.3) is 22.3 Å². The standard InChI is InChI=1S/C20H16ClN5OS/c1-11-3-8-16-13(9-11)10-15(17(21)22-16)19-25-26-18(23-24-20(26)28-19)12-4-6-14(27-2)7-5-12/h3-10,19,25H,1-2H3. The normalized spacial score (nSPS) is 15.5. The highest BCUT2D eigenvalue weighted by Crippen LogP contribution is 2.42. The second-order valence-electron chi connectivity index (χ2n) is 6.56. The van der Waals surface area contributed by atoms with Crippen LogP contribution < -0.4 is 10.2 Å². The molecule has 0 saturated carbocycles. The molecule has 140 valence electrons. The summed E-state index contributed by atoms with van der Waals surface area (Å²) >= 11 is 8.07. The molecular weight excluding hydrogens is 394 g/mol. The Balaban J connectivity index is 1.49. The zero-order valence-corrected chi connectivity index (χ0v) is 16.8. The van der Waals surface area contributed by atoms with Crippen molar-refractivity contribution in [3.8, 4) is 17.1 Å².